The van der Waals surface area contributed by atoms with Gasteiger partial charge in [0, 0.05) is 23.4 Å². The lowest BCUT2D eigenvalue weighted by Crippen LogP contribution is -2.20. The van der Waals surface area contributed by atoms with Crippen LogP contribution in [-0.4, -0.2) is 29.8 Å². The number of sulfonamides is 2. The number of benzene rings is 3. The van der Waals surface area contributed by atoms with Crippen molar-refractivity contribution < 1.29 is 21.6 Å². The van der Waals surface area contributed by atoms with E-state index in [0.29, 0.717) is 22.0 Å². The highest BCUT2D eigenvalue weighted by Crippen LogP contribution is 2.40. The maximum absolute atomic E-state index is 13.1. The normalized spacial score (nSPS) is 13.9. The van der Waals surface area contributed by atoms with Gasteiger partial charge in [0.25, 0.3) is 15.9 Å². The van der Waals surface area contributed by atoms with Crippen LogP contribution in [0.4, 0.5) is 11.4 Å². The zero-order valence-electron chi connectivity index (χ0n) is 14.9. The van der Waals surface area contributed by atoms with Crippen LogP contribution in [0.5, 0.6) is 0 Å². The first-order valence-electron chi connectivity index (χ1n) is 8.20. The van der Waals surface area contributed by atoms with Crippen molar-refractivity contribution in [3.05, 3.63) is 59.1 Å². The lowest BCUT2D eigenvalue weighted by atomic mass is 10.1. The Labute approximate surface area is 172 Å². The lowest BCUT2D eigenvalue weighted by Gasteiger charge is -2.14. The van der Waals surface area contributed by atoms with Crippen molar-refractivity contribution in [3.63, 3.8) is 0 Å². The second-order valence-electron chi connectivity index (χ2n) is 6.47. The van der Waals surface area contributed by atoms with E-state index in [0.717, 1.165) is 6.07 Å². The SMILES string of the molecule is CN1C(=O)c2cccc3c(S(=O)(=O)Nc4cc(S(N)(=O)=O)ccc4Cl)ccc1c23. The maximum Gasteiger partial charge on any atom is 0.262 e. The van der Waals surface area contributed by atoms with Gasteiger partial charge in [0.05, 0.1) is 26.2 Å². The minimum atomic E-state index is -4.17. The van der Waals surface area contributed by atoms with Crippen molar-refractivity contribution >= 4 is 59.7 Å². The van der Waals surface area contributed by atoms with E-state index in [1.807, 2.05) is 0 Å². The monoisotopic (exact) mass is 451 g/mol. The average Bonchev–Trinajstić information content (AvgIpc) is 2.89. The van der Waals surface area contributed by atoms with Crippen molar-refractivity contribution in [1.82, 2.24) is 0 Å². The van der Waals surface area contributed by atoms with E-state index in [1.165, 1.54) is 23.1 Å². The Morgan fingerprint density at radius 2 is 1.76 bits per heavy atom. The Bertz CT molecular complexity index is 1420. The summed E-state index contributed by atoms with van der Waals surface area (Å²) in [5.74, 6) is -0.225. The van der Waals surface area contributed by atoms with Crippen LogP contribution in [0.1, 0.15) is 10.4 Å². The summed E-state index contributed by atoms with van der Waals surface area (Å²) in [7, 11) is -6.60. The molecule has 0 aromatic heterocycles. The Morgan fingerprint density at radius 3 is 2.45 bits per heavy atom. The number of nitrogens with two attached hydrogens (primary N) is 1. The van der Waals surface area contributed by atoms with Crippen LogP contribution in [0.3, 0.4) is 0 Å². The number of nitrogens with zero attached hydrogens (tertiary/aromatic N) is 1. The number of carbonyl (C=O) groups is 1. The first kappa shape index (κ1) is 19.6. The molecule has 1 aliphatic rings. The fraction of sp³-hybridized carbons (Fsp3) is 0.0556. The number of nitrogens with one attached hydrogen (secondary N) is 1. The fourth-order valence-electron chi connectivity index (χ4n) is 3.30. The van der Waals surface area contributed by atoms with Crippen LogP contribution in [0.15, 0.2) is 58.3 Å². The molecule has 150 valence electrons. The highest BCUT2D eigenvalue weighted by Gasteiger charge is 2.30. The van der Waals surface area contributed by atoms with Gasteiger partial charge in [-0.15, -0.1) is 0 Å². The van der Waals surface area contributed by atoms with Crippen LogP contribution in [0, 0.1) is 0 Å². The molecule has 0 bridgehead atoms. The van der Waals surface area contributed by atoms with Gasteiger partial charge in [-0.05, 0) is 36.4 Å². The predicted molar refractivity (Wildman–Crippen MR) is 110 cm³/mol. The molecule has 11 heteroatoms. The number of halogens is 1. The summed E-state index contributed by atoms with van der Waals surface area (Å²) in [5.41, 5.74) is 0.884. The van der Waals surface area contributed by atoms with Crippen LogP contribution in [0.25, 0.3) is 10.8 Å². The summed E-state index contributed by atoms with van der Waals surface area (Å²) in [5, 5.41) is 6.01. The summed E-state index contributed by atoms with van der Waals surface area (Å²) < 4.78 is 51.6. The molecule has 0 fully saturated rings. The molecule has 0 unspecified atom stereocenters. The van der Waals surface area contributed by atoms with E-state index in [1.54, 1.807) is 31.3 Å². The quantitative estimate of drug-likeness (QED) is 0.630. The van der Waals surface area contributed by atoms with Gasteiger partial charge >= 0.3 is 0 Å². The number of amides is 1. The minimum Gasteiger partial charge on any atom is -0.311 e. The Morgan fingerprint density at radius 1 is 1.03 bits per heavy atom. The third-order valence-electron chi connectivity index (χ3n) is 4.68. The summed E-state index contributed by atoms with van der Waals surface area (Å²) in [6.45, 7) is 0. The van der Waals surface area contributed by atoms with Gasteiger partial charge in [-0.1, -0.05) is 23.7 Å². The highest BCUT2D eigenvalue weighted by atomic mass is 35.5. The molecule has 3 N–H and O–H groups in total. The predicted octanol–water partition coefficient (Wildman–Crippen LogP) is 2.53. The topological polar surface area (TPSA) is 127 Å². The molecule has 1 aliphatic heterocycles. The molecular weight excluding hydrogens is 438 g/mol. The molecule has 0 radical (unpaired) electrons. The molecule has 0 spiro atoms. The summed E-state index contributed by atoms with van der Waals surface area (Å²) in [6.07, 6.45) is 0. The summed E-state index contributed by atoms with van der Waals surface area (Å²) >= 11 is 6.04. The molecule has 29 heavy (non-hydrogen) atoms. The number of carbonyl (C=O) groups excluding carboxylic acids is 1. The van der Waals surface area contributed by atoms with Crippen LogP contribution < -0.4 is 14.8 Å². The molecule has 3 aromatic carbocycles. The van der Waals surface area contributed by atoms with Gasteiger partial charge in [0.2, 0.25) is 10.0 Å². The van der Waals surface area contributed by atoms with Gasteiger partial charge in [-0.3, -0.25) is 9.52 Å². The standard InChI is InChI=1S/C18H14ClN3O5S2/c1-22-15-7-8-16(11-3-2-4-12(17(11)15)18(22)23)29(26,27)21-14-9-10(28(20,24)25)5-6-13(14)19/h2-9,21H,1H3,(H2,20,24,25). The molecule has 0 aliphatic carbocycles. The van der Waals surface area contributed by atoms with Crippen LogP contribution in [-0.2, 0) is 20.0 Å². The fourth-order valence-corrected chi connectivity index (χ4v) is 5.34. The Hall–Kier alpha value is -2.66. The first-order valence-corrected chi connectivity index (χ1v) is 11.6. The van der Waals surface area contributed by atoms with E-state index in [-0.39, 0.29) is 26.4 Å². The summed E-state index contributed by atoms with van der Waals surface area (Å²) in [4.78, 5) is 13.5. The molecule has 8 nitrogen and oxygen atoms in total. The largest absolute Gasteiger partial charge is 0.311 e. The Balaban J connectivity index is 1.87. The first-order chi connectivity index (χ1) is 13.5. The van der Waals surface area contributed by atoms with E-state index < -0.39 is 20.0 Å². The minimum absolute atomic E-state index is 0.00168. The smallest absolute Gasteiger partial charge is 0.262 e. The molecule has 0 atom stereocenters. The molecule has 1 amide bonds. The van der Waals surface area contributed by atoms with Gasteiger partial charge < -0.3 is 4.90 Å². The van der Waals surface area contributed by atoms with Crippen molar-refractivity contribution in [2.45, 2.75) is 9.79 Å². The zero-order valence-corrected chi connectivity index (χ0v) is 17.3. The van der Waals surface area contributed by atoms with Gasteiger partial charge in [0.1, 0.15) is 0 Å². The van der Waals surface area contributed by atoms with Crippen molar-refractivity contribution in [2.75, 3.05) is 16.7 Å². The average molecular weight is 452 g/mol. The molecule has 0 saturated carbocycles. The molecule has 4 rings (SSSR count). The number of rotatable bonds is 4. The molecule has 3 aromatic rings. The second-order valence-corrected chi connectivity index (χ2v) is 10.1. The van der Waals surface area contributed by atoms with E-state index >= 15 is 0 Å². The van der Waals surface area contributed by atoms with Crippen LogP contribution >= 0.6 is 11.6 Å². The van der Waals surface area contributed by atoms with Gasteiger partial charge in [0.15, 0.2) is 0 Å². The van der Waals surface area contributed by atoms with Crippen molar-refractivity contribution in [3.8, 4) is 0 Å². The highest BCUT2D eigenvalue weighted by molar-refractivity contribution is 7.93. The van der Waals surface area contributed by atoms with E-state index in [9.17, 15) is 21.6 Å². The van der Waals surface area contributed by atoms with Crippen molar-refractivity contribution in [2.24, 2.45) is 5.14 Å². The van der Waals surface area contributed by atoms with E-state index in [2.05, 4.69) is 4.72 Å². The van der Waals surface area contributed by atoms with Gasteiger partial charge in [-0.25, -0.2) is 22.0 Å². The third kappa shape index (κ3) is 3.14. The number of hydrogen-bond acceptors (Lipinski definition) is 5. The summed E-state index contributed by atoms with van der Waals surface area (Å²) in [6, 6.07) is 11.2. The number of anilines is 2. The number of hydrogen-bond donors (Lipinski definition) is 2. The molecule has 1 heterocycles. The maximum atomic E-state index is 13.1. The second kappa shape index (κ2) is 6.42. The lowest BCUT2D eigenvalue weighted by molar-refractivity contribution is 0.0999. The van der Waals surface area contributed by atoms with Gasteiger partial charge in [-0.2, -0.15) is 0 Å². The number of primary sulfonamides is 1. The zero-order chi connectivity index (χ0) is 21.1. The van der Waals surface area contributed by atoms with E-state index in [4.69, 9.17) is 16.7 Å². The van der Waals surface area contributed by atoms with Crippen LogP contribution in [0.2, 0.25) is 5.02 Å². The van der Waals surface area contributed by atoms with Crippen molar-refractivity contribution in [1.29, 1.82) is 0 Å². The molecule has 0 saturated heterocycles. The molecular formula is C18H14ClN3O5S2. The third-order valence-corrected chi connectivity index (χ3v) is 7.34. The Kier molecular flexibility index (Phi) is 4.35.